The molecule has 3 N–H and O–H groups in total. The van der Waals surface area contributed by atoms with Crippen LogP contribution in [-0.4, -0.2) is 36.8 Å². The van der Waals surface area contributed by atoms with Crippen LogP contribution >= 0.6 is 12.4 Å². The summed E-state index contributed by atoms with van der Waals surface area (Å²) in [5, 5.41) is 2.62. The van der Waals surface area contributed by atoms with Gasteiger partial charge in [-0.2, -0.15) is 13.2 Å². The van der Waals surface area contributed by atoms with Crippen LogP contribution in [0.4, 0.5) is 18.9 Å². The Morgan fingerprint density at radius 3 is 2.46 bits per heavy atom. The molecule has 1 aromatic heterocycles. The van der Waals surface area contributed by atoms with Gasteiger partial charge in [0.25, 0.3) is 5.91 Å². The first-order valence-corrected chi connectivity index (χ1v) is 7.27. The zero-order chi connectivity index (χ0) is 18.3. The van der Waals surface area contributed by atoms with Crippen molar-refractivity contribution >= 4 is 24.0 Å². The maximum Gasteiger partial charge on any atom is 0.422 e. The van der Waals surface area contributed by atoms with Crippen molar-refractivity contribution in [2.24, 2.45) is 5.73 Å². The minimum atomic E-state index is -4.48. The van der Waals surface area contributed by atoms with Crippen LogP contribution in [0.2, 0.25) is 0 Å². The molecule has 0 aliphatic heterocycles. The fourth-order valence-corrected chi connectivity index (χ4v) is 1.80. The molecule has 2 aromatic rings. The van der Waals surface area contributed by atoms with Crippen LogP contribution in [0.25, 0.3) is 0 Å². The van der Waals surface area contributed by atoms with Gasteiger partial charge >= 0.3 is 6.18 Å². The molecule has 0 spiro atoms. The number of halogens is 4. The van der Waals surface area contributed by atoms with E-state index in [0.29, 0.717) is 24.6 Å². The van der Waals surface area contributed by atoms with Crippen LogP contribution in [0.15, 0.2) is 42.6 Å². The number of nitrogens with two attached hydrogens (primary N) is 1. The van der Waals surface area contributed by atoms with Gasteiger partial charge in [0, 0.05) is 30.1 Å². The topological polar surface area (TPSA) is 86.5 Å². The Bertz CT molecular complexity index is 712. The van der Waals surface area contributed by atoms with E-state index in [4.69, 9.17) is 10.5 Å². The zero-order valence-electron chi connectivity index (χ0n) is 13.5. The molecule has 0 saturated carbocycles. The third-order valence-corrected chi connectivity index (χ3v) is 2.88. The van der Waals surface area contributed by atoms with E-state index in [1.807, 2.05) is 0 Å². The number of alkyl halides is 3. The number of carbonyl (C=O) groups excluding carboxylic acids is 1. The lowest BCUT2D eigenvalue weighted by molar-refractivity contribution is -0.154. The van der Waals surface area contributed by atoms with Crippen molar-refractivity contribution in [2.75, 3.05) is 25.1 Å². The largest absolute Gasteiger partial charge is 0.492 e. The number of carbonyl (C=O) groups is 1. The van der Waals surface area contributed by atoms with Gasteiger partial charge in [-0.3, -0.25) is 4.79 Å². The summed E-state index contributed by atoms with van der Waals surface area (Å²) in [4.78, 5) is 15.8. The average Bonchev–Trinajstić information content (AvgIpc) is 2.59. The Balaban J connectivity index is 0.00000338. The monoisotopic (exact) mass is 391 g/mol. The normalized spacial score (nSPS) is 10.6. The van der Waals surface area contributed by atoms with E-state index in [1.165, 1.54) is 12.3 Å². The molecule has 2 rings (SSSR count). The third-order valence-electron chi connectivity index (χ3n) is 2.88. The molecule has 142 valence electrons. The van der Waals surface area contributed by atoms with E-state index in [2.05, 4.69) is 15.0 Å². The molecular weight excluding hydrogens is 375 g/mol. The highest BCUT2D eigenvalue weighted by Crippen LogP contribution is 2.19. The van der Waals surface area contributed by atoms with Gasteiger partial charge in [0.1, 0.15) is 12.4 Å². The van der Waals surface area contributed by atoms with Crippen LogP contribution in [0, 0.1) is 0 Å². The molecule has 10 heteroatoms. The number of nitrogens with zero attached hydrogens (tertiary/aromatic N) is 1. The van der Waals surface area contributed by atoms with Gasteiger partial charge in [-0.05, 0) is 30.3 Å². The second kappa shape index (κ2) is 9.83. The summed E-state index contributed by atoms with van der Waals surface area (Å²) in [6, 6.07) is 9.09. The molecule has 26 heavy (non-hydrogen) atoms. The molecule has 0 unspecified atom stereocenters. The predicted molar refractivity (Wildman–Crippen MR) is 92.0 cm³/mol. The standard InChI is InChI=1S/C16H16F3N3O3.ClH/c17-16(18,19)10-25-14-9-11(5-7-21-14)15(23)22-12-1-3-13(4-2-12)24-8-6-20;/h1-5,7,9H,6,8,10,20H2,(H,22,23);1H. The molecular formula is C16H17ClF3N3O3. The number of hydrogen-bond acceptors (Lipinski definition) is 5. The van der Waals surface area contributed by atoms with Crippen molar-refractivity contribution in [3.8, 4) is 11.6 Å². The third kappa shape index (κ3) is 7.16. The Morgan fingerprint density at radius 2 is 1.85 bits per heavy atom. The van der Waals surface area contributed by atoms with Gasteiger partial charge in [0.15, 0.2) is 6.61 Å². The number of rotatable bonds is 7. The fourth-order valence-electron chi connectivity index (χ4n) is 1.80. The van der Waals surface area contributed by atoms with Crippen LogP contribution < -0.4 is 20.5 Å². The molecule has 0 bridgehead atoms. The molecule has 0 radical (unpaired) electrons. The summed E-state index contributed by atoms with van der Waals surface area (Å²) in [6.07, 6.45) is -3.28. The summed E-state index contributed by atoms with van der Waals surface area (Å²) in [6.45, 7) is -0.710. The molecule has 0 atom stereocenters. The van der Waals surface area contributed by atoms with E-state index in [0.717, 1.165) is 6.07 Å². The fraction of sp³-hybridized carbons (Fsp3) is 0.250. The number of amides is 1. The summed E-state index contributed by atoms with van der Waals surface area (Å²) in [5.74, 6) is -0.180. The molecule has 0 saturated heterocycles. The van der Waals surface area contributed by atoms with Crippen molar-refractivity contribution in [1.29, 1.82) is 0 Å². The first-order valence-electron chi connectivity index (χ1n) is 7.27. The number of anilines is 1. The van der Waals surface area contributed by atoms with Crippen LogP contribution in [0.5, 0.6) is 11.6 Å². The molecule has 1 amide bonds. The summed E-state index contributed by atoms with van der Waals surface area (Å²) < 4.78 is 46.3. The molecule has 1 heterocycles. The number of ether oxygens (including phenoxy) is 2. The Labute approximate surface area is 153 Å². The molecule has 0 aliphatic carbocycles. The van der Waals surface area contributed by atoms with E-state index >= 15 is 0 Å². The van der Waals surface area contributed by atoms with Crippen LogP contribution in [0.1, 0.15) is 10.4 Å². The minimum Gasteiger partial charge on any atom is -0.492 e. The van der Waals surface area contributed by atoms with Gasteiger partial charge in [0.2, 0.25) is 5.88 Å². The summed E-state index contributed by atoms with van der Waals surface area (Å²) in [5.41, 5.74) is 5.95. The quantitative estimate of drug-likeness (QED) is 0.757. The second-order valence-corrected chi connectivity index (χ2v) is 4.90. The van der Waals surface area contributed by atoms with E-state index in [1.54, 1.807) is 24.3 Å². The lowest BCUT2D eigenvalue weighted by atomic mass is 10.2. The molecule has 1 aromatic carbocycles. The lowest BCUT2D eigenvalue weighted by Crippen LogP contribution is -2.20. The zero-order valence-corrected chi connectivity index (χ0v) is 14.3. The van der Waals surface area contributed by atoms with Crippen molar-refractivity contribution in [3.63, 3.8) is 0 Å². The predicted octanol–water partition coefficient (Wildman–Crippen LogP) is 3.03. The van der Waals surface area contributed by atoms with Crippen molar-refractivity contribution in [1.82, 2.24) is 4.98 Å². The first kappa shape index (κ1) is 21.5. The minimum absolute atomic E-state index is 0. The lowest BCUT2D eigenvalue weighted by Gasteiger charge is -2.10. The van der Waals surface area contributed by atoms with E-state index < -0.39 is 18.7 Å². The average molecular weight is 392 g/mol. The van der Waals surface area contributed by atoms with Crippen molar-refractivity contribution < 1.29 is 27.4 Å². The first-order chi connectivity index (χ1) is 11.9. The highest BCUT2D eigenvalue weighted by Gasteiger charge is 2.28. The van der Waals surface area contributed by atoms with Crippen molar-refractivity contribution in [3.05, 3.63) is 48.2 Å². The summed E-state index contributed by atoms with van der Waals surface area (Å²) in [7, 11) is 0. The number of pyridine rings is 1. The van der Waals surface area contributed by atoms with Crippen LogP contribution in [0.3, 0.4) is 0 Å². The van der Waals surface area contributed by atoms with Gasteiger partial charge < -0.3 is 20.5 Å². The maximum absolute atomic E-state index is 12.2. The maximum atomic E-state index is 12.2. The molecule has 0 aliphatic rings. The smallest absolute Gasteiger partial charge is 0.422 e. The highest BCUT2D eigenvalue weighted by atomic mass is 35.5. The van der Waals surface area contributed by atoms with E-state index in [-0.39, 0.29) is 23.9 Å². The second-order valence-electron chi connectivity index (χ2n) is 4.90. The number of benzene rings is 1. The Morgan fingerprint density at radius 1 is 1.15 bits per heavy atom. The van der Waals surface area contributed by atoms with Gasteiger partial charge in [-0.25, -0.2) is 4.98 Å². The molecule has 0 fully saturated rings. The van der Waals surface area contributed by atoms with Gasteiger partial charge in [0.05, 0.1) is 0 Å². The van der Waals surface area contributed by atoms with Gasteiger partial charge in [-0.1, -0.05) is 0 Å². The SMILES string of the molecule is Cl.NCCOc1ccc(NC(=O)c2ccnc(OCC(F)(F)F)c2)cc1. The molecule has 6 nitrogen and oxygen atoms in total. The van der Waals surface area contributed by atoms with Crippen LogP contribution in [-0.2, 0) is 0 Å². The van der Waals surface area contributed by atoms with Crippen molar-refractivity contribution in [2.45, 2.75) is 6.18 Å². The number of aromatic nitrogens is 1. The Hall–Kier alpha value is -2.52. The van der Waals surface area contributed by atoms with Gasteiger partial charge in [-0.15, -0.1) is 12.4 Å². The van der Waals surface area contributed by atoms with E-state index in [9.17, 15) is 18.0 Å². The Kier molecular flexibility index (Phi) is 8.14. The highest BCUT2D eigenvalue weighted by molar-refractivity contribution is 6.04. The number of nitrogens with one attached hydrogen (secondary N) is 1. The number of hydrogen-bond donors (Lipinski definition) is 2. The summed E-state index contributed by atoms with van der Waals surface area (Å²) >= 11 is 0.